The van der Waals surface area contributed by atoms with Crippen LogP contribution >= 0.6 is 0 Å². The van der Waals surface area contributed by atoms with Crippen LogP contribution in [0.15, 0.2) is 0 Å². The number of aliphatic hydroxyl groups excluding tert-OH is 1. The van der Waals surface area contributed by atoms with Crippen molar-refractivity contribution in [3.05, 3.63) is 0 Å². The molecule has 1 atom stereocenters. The molecule has 0 amide bonds. The molecule has 1 aliphatic rings. The third kappa shape index (κ3) is 7.91. The van der Waals surface area contributed by atoms with E-state index in [-0.39, 0.29) is 11.7 Å². The molecular weight excluding hydrogens is 240 g/mol. The Balaban J connectivity index is 2.08. The van der Waals surface area contributed by atoms with Crippen LogP contribution in [-0.2, 0) is 9.47 Å². The highest BCUT2D eigenvalue weighted by atomic mass is 16.5. The molecule has 1 N–H and O–H groups in total. The molecule has 3 heteroatoms. The second kappa shape index (κ2) is 8.23. The van der Waals surface area contributed by atoms with Crippen molar-refractivity contribution in [2.24, 2.45) is 11.8 Å². The van der Waals surface area contributed by atoms with Crippen molar-refractivity contribution in [3.8, 4) is 0 Å². The Labute approximate surface area is 118 Å². The molecule has 1 aliphatic carbocycles. The molecule has 0 bridgehead atoms. The van der Waals surface area contributed by atoms with Crippen LogP contribution in [0.3, 0.4) is 0 Å². The van der Waals surface area contributed by atoms with E-state index >= 15 is 0 Å². The fourth-order valence-electron chi connectivity index (χ4n) is 2.42. The minimum absolute atomic E-state index is 0.0176. The van der Waals surface area contributed by atoms with Crippen LogP contribution in [0, 0.1) is 11.8 Å². The average Bonchev–Trinajstić information content (AvgIpc) is 2.36. The van der Waals surface area contributed by atoms with Gasteiger partial charge in [-0.25, -0.2) is 0 Å². The van der Waals surface area contributed by atoms with Crippen LogP contribution in [0.25, 0.3) is 0 Å². The second-order valence-corrected chi connectivity index (χ2v) is 6.91. The zero-order valence-corrected chi connectivity index (χ0v) is 13.2. The van der Waals surface area contributed by atoms with E-state index in [0.717, 1.165) is 25.6 Å². The zero-order valence-electron chi connectivity index (χ0n) is 13.2. The van der Waals surface area contributed by atoms with E-state index in [4.69, 9.17) is 9.47 Å². The summed E-state index contributed by atoms with van der Waals surface area (Å²) in [5.74, 6) is 1.40. The molecule has 1 fully saturated rings. The standard InChI is InChI=1S/C16H32O3/c1-5-15(17)12-18-10-13-6-8-14(9-7-13)11-19-16(2,3)4/h13-15,17H,5-12H2,1-4H3. The Hall–Kier alpha value is -0.120. The molecule has 0 spiro atoms. The minimum atomic E-state index is -0.295. The van der Waals surface area contributed by atoms with Crippen molar-refractivity contribution < 1.29 is 14.6 Å². The van der Waals surface area contributed by atoms with Crippen LogP contribution in [0.5, 0.6) is 0 Å². The van der Waals surface area contributed by atoms with Crippen LogP contribution in [0.1, 0.15) is 59.8 Å². The monoisotopic (exact) mass is 272 g/mol. The topological polar surface area (TPSA) is 38.7 Å². The van der Waals surface area contributed by atoms with Crippen molar-refractivity contribution >= 4 is 0 Å². The van der Waals surface area contributed by atoms with Gasteiger partial charge < -0.3 is 14.6 Å². The van der Waals surface area contributed by atoms with E-state index in [1.165, 1.54) is 25.7 Å². The maximum absolute atomic E-state index is 9.43. The molecule has 0 radical (unpaired) electrons. The molecule has 0 heterocycles. The third-order valence-electron chi connectivity index (χ3n) is 3.85. The largest absolute Gasteiger partial charge is 0.391 e. The van der Waals surface area contributed by atoms with Crippen LogP contribution < -0.4 is 0 Å². The van der Waals surface area contributed by atoms with Crippen molar-refractivity contribution in [2.45, 2.75) is 71.5 Å². The third-order valence-corrected chi connectivity index (χ3v) is 3.85. The zero-order chi connectivity index (χ0) is 14.3. The van der Waals surface area contributed by atoms with Gasteiger partial charge in [0.1, 0.15) is 0 Å². The van der Waals surface area contributed by atoms with Crippen LogP contribution in [0.4, 0.5) is 0 Å². The van der Waals surface area contributed by atoms with E-state index in [9.17, 15) is 5.11 Å². The fraction of sp³-hybridized carbons (Fsp3) is 1.00. The first-order valence-corrected chi connectivity index (χ1v) is 7.80. The van der Waals surface area contributed by atoms with E-state index in [1.54, 1.807) is 0 Å². The number of hydrogen-bond donors (Lipinski definition) is 1. The molecule has 0 aliphatic heterocycles. The van der Waals surface area contributed by atoms with E-state index in [1.807, 2.05) is 6.92 Å². The van der Waals surface area contributed by atoms with Gasteiger partial charge in [-0.2, -0.15) is 0 Å². The summed E-state index contributed by atoms with van der Waals surface area (Å²) in [6.07, 6.45) is 5.45. The van der Waals surface area contributed by atoms with Gasteiger partial charge in [0.05, 0.1) is 24.9 Å². The molecule has 0 aromatic heterocycles. The summed E-state index contributed by atoms with van der Waals surface area (Å²) in [5.41, 5.74) is -0.0176. The Kier molecular flexibility index (Phi) is 7.33. The van der Waals surface area contributed by atoms with Crippen molar-refractivity contribution in [3.63, 3.8) is 0 Å². The summed E-state index contributed by atoms with van der Waals surface area (Å²) in [5, 5.41) is 9.43. The maximum Gasteiger partial charge on any atom is 0.0771 e. The highest BCUT2D eigenvalue weighted by Gasteiger charge is 2.23. The molecule has 1 unspecified atom stereocenters. The first kappa shape index (κ1) is 16.9. The first-order valence-electron chi connectivity index (χ1n) is 7.80. The van der Waals surface area contributed by atoms with Gasteiger partial charge in [-0.15, -0.1) is 0 Å². The Bertz CT molecular complexity index is 227. The van der Waals surface area contributed by atoms with Gasteiger partial charge in [0.25, 0.3) is 0 Å². The highest BCUT2D eigenvalue weighted by molar-refractivity contribution is 4.73. The average molecular weight is 272 g/mol. The Morgan fingerprint density at radius 1 is 1.05 bits per heavy atom. The predicted octanol–water partition coefficient (Wildman–Crippen LogP) is 3.40. The first-order chi connectivity index (χ1) is 8.90. The lowest BCUT2D eigenvalue weighted by Crippen LogP contribution is -2.27. The quantitative estimate of drug-likeness (QED) is 0.772. The van der Waals surface area contributed by atoms with Gasteiger partial charge in [-0.1, -0.05) is 6.92 Å². The van der Waals surface area contributed by atoms with Crippen LogP contribution in [0.2, 0.25) is 0 Å². The molecule has 114 valence electrons. The summed E-state index contributed by atoms with van der Waals surface area (Å²) in [6.45, 7) is 10.5. The number of rotatable bonds is 7. The molecule has 19 heavy (non-hydrogen) atoms. The Morgan fingerprint density at radius 2 is 1.58 bits per heavy atom. The predicted molar refractivity (Wildman–Crippen MR) is 78.3 cm³/mol. The van der Waals surface area contributed by atoms with Gasteiger partial charge in [0, 0.05) is 6.61 Å². The molecular formula is C16H32O3. The van der Waals surface area contributed by atoms with E-state index in [0.29, 0.717) is 12.5 Å². The maximum atomic E-state index is 9.43. The SMILES string of the molecule is CCC(O)COCC1CCC(COC(C)(C)C)CC1. The van der Waals surface area contributed by atoms with E-state index < -0.39 is 0 Å². The van der Waals surface area contributed by atoms with Crippen molar-refractivity contribution in [2.75, 3.05) is 19.8 Å². The van der Waals surface area contributed by atoms with Gasteiger partial charge in [-0.05, 0) is 64.7 Å². The summed E-state index contributed by atoms with van der Waals surface area (Å²) in [6, 6.07) is 0. The lowest BCUT2D eigenvalue weighted by Gasteiger charge is -2.30. The molecule has 0 aromatic rings. The second-order valence-electron chi connectivity index (χ2n) is 6.91. The van der Waals surface area contributed by atoms with Crippen molar-refractivity contribution in [1.82, 2.24) is 0 Å². The van der Waals surface area contributed by atoms with E-state index in [2.05, 4.69) is 20.8 Å². The minimum Gasteiger partial charge on any atom is -0.391 e. The summed E-state index contributed by atoms with van der Waals surface area (Å²) in [7, 11) is 0. The molecule has 3 nitrogen and oxygen atoms in total. The van der Waals surface area contributed by atoms with Gasteiger partial charge >= 0.3 is 0 Å². The smallest absolute Gasteiger partial charge is 0.0771 e. The summed E-state index contributed by atoms with van der Waals surface area (Å²) in [4.78, 5) is 0. The van der Waals surface area contributed by atoms with Crippen LogP contribution in [-0.4, -0.2) is 36.6 Å². The molecule has 1 saturated carbocycles. The number of hydrogen-bond acceptors (Lipinski definition) is 3. The molecule has 0 aromatic carbocycles. The highest BCUT2D eigenvalue weighted by Crippen LogP contribution is 2.30. The summed E-state index contributed by atoms with van der Waals surface area (Å²) < 4.78 is 11.5. The lowest BCUT2D eigenvalue weighted by atomic mass is 9.83. The fourth-order valence-corrected chi connectivity index (χ4v) is 2.42. The normalized spacial score (nSPS) is 26.4. The number of ether oxygens (including phenoxy) is 2. The van der Waals surface area contributed by atoms with Gasteiger partial charge in [0.15, 0.2) is 0 Å². The van der Waals surface area contributed by atoms with Gasteiger partial charge in [0.2, 0.25) is 0 Å². The van der Waals surface area contributed by atoms with Gasteiger partial charge in [-0.3, -0.25) is 0 Å². The van der Waals surface area contributed by atoms with Crippen molar-refractivity contribution in [1.29, 1.82) is 0 Å². The Morgan fingerprint density at radius 3 is 2.05 bits per heavy atom. The summed E-state index contributed by atoms with van der Waals surface area (Å²) >= 11 is 0. The molecule has 1 rings (SSSR count). The molecule has 0 saturated heterocycles. The lowest BCUT2D eigenvalue weighted by molar-refractivity contribution is -0.0353. The number of aliphatic hydroxyl groups is 1.